The van der Waals surface area contributed by atoms with E-state index < -0.39 is 12.1 Å². The van der Waals surface area contributed by atoms with Gasteiger partial charge in [-0.1, -0.05) is 30.3 Å². The Morgan fingerprint density at radius 3 is 2.82 bits per heavy atom. The summed E-state index contributed by atoms with van der Waals surface area (Å²) < 4.78 is 6.63. The van der Waals surface area contributed by atoms with Gasteiger partial charge in [0.15, 0.2) is 5.78 Å². The van der Waals surface area contributed by atoms with Crippen LogP contribution in [-0.4, -0.2) is 46.0 Å². The summed E-state index contributed by atoms with van der Waals surface area (Å²) in [6, 6.07) is 9.62. The number of carbonyl (C=O) groups excluding carboxylic acids is 2. The molecule has 2 aromatic rings. The van der Waals surface area contributed by atoms with Gasteiger partial charge in [0.05, 0.1) is 25.7 Å². The fourth-order valence-corrected chi connectivity index (χ4v) is 2.57. The summed E-state index contributed by atoms with van der Waals surface area (Å²) >= 11 is 0. The van der Waals surface area contributed by atoms with Crippen LogP contribution in [0.25, 0.3) is 0 Å². The third-order valence-electron chi connectivity index (χ3n) is 3.78. The normalized spacial score (nSPS) is 17.2. The standard InChI is InChI=1S/C16H17N3O3/c1-22-16(21)19-10-15(20)14(19)7-13-9-18(11-17-13)8-12-5-3-2-4-6-12/h2-6,9,11,14H,7-8,10H2,1H3. The van der Waals surface area contributed by atoms with Crippen LogP contribution in [0.4, 0.5) is 4.79 Å². The number of ketones is 1. The zero-order valence-electron chi connectivity index (χ0n) is 12.3. The zero-order valence-corrected chi connectivity index (χ0v) is 12.3. The number of ether oxygens (including phenoxy) is 1. The Morgan fingerprint density at radius 2 is 2.14 bits per heavy atom. The number of benzene rings is 1. The molecular weight excluding hydrogens is 282 g/mol. The van der Waals surface area contributed by atoms with Gasteiger partial charge in [-0.15, -0.1) is 0 Å². The molecule has 0 saturated carbocycles. The Kier molecular flexibility index (Phi) is 3.91. The lowest BCUT2D eigenvalue weighted by molar-refractivity contribution is -0.134. The van der Waals surface area contributed by atoms with Crippen LogP contribution < -0.4 is 0 Å². The molecule has 1 aliphatic rings. The number of aromatic nitrogens is 2. The van der Waals surface area contributed by atoms with E-state index in [1.54, 1.807) is 6.33 Å². The van der Waals surface area contributed by atoms with Crippen molar-refractivity contribution in [2.45, 2.75) is 19.0 Å². The van der Waals surface area contributed by atoms with Crippen LogP contribution in [0.2, 0.25) is 0 Å². The van der Waals surface area contributed by atoms with Crippen molar-refractivity contribution >= 4 is 11.9 Å². The first-order valence-electron chi connectivity index (χ1n) is 7.09. The molecule has 1 fully saturated rings. The summed E-state index contributed by atoms with van der Waals surface area (Å²) in [5.74, 6) is 0.0445. The zero-order chi connectivity index (χ0) is 15.5. The van der Waals surface area contributed by atoms with E-state index in [-0.39, 0.29) is 12.3 Å². The molecule has 22 heavy (non-hydrogen) atoms. The maximum Gasteiger partial charge on any atom is 0.410 e. The predicted octanol–water partition coefficient (Wildman–Crippen LogP) is 1.49. The van der Waals surface area contributed by atoms with Gasteiger partial charge in [-0.05, 0) is 5.56 Å². The highest BCUT2D eigenvalue weighted by molar-refractivity contribution is 5.97. The topological polar surface area (TPSA) is 64.4 Å². The van der Waals surface area contributed by atoms with Gasteiger partial charge < -0.3 is 9.30 Å². The van der Waals surface area contributed by atoms with E-state index in [0.717, 1.165) is 12.2 Å². The fraction of sp³-hybridized carbons (Fsp3) is 0.312. The van der Waals surface area contributed by atoms with Crippen molar-refractivity contribution in [2.75, 3.05) is 13.7 Å². The second-order valence-electron chi connectivity index (χ2n) is 5.31. The molecule has 1 aromatic heterocycles. The number of likely N-dealkylation sites (tertiary alicyclic amines) is 1. The molecule has 1 aromatic carbocycles. The summed E-state index contributed by atoms with van der Waals surface area (Å²) in [7, 11) is 1.32. The monoisotopic (exact) mass is 299 g/mol. The number of amides is 1. The highest BCUT2D eigenvalue weighted by atomic mass is 16.5. The maximum atomic E-state index is 11.7. The average Bonchev–Trinajstić information content (AvgIpc) is 2.98. The van der Waals surface area contributed by atoms with Gasteiger partial charge in [-0.25, -0.2) is 9.78 Å². The molecular formula is C16H17N3O3. The number of methoxy groups -OCH3 is 1. The molecule has 1 saturated heterocycles. The van der Waals surface area contributed by atoms with E-state index in [9.17, 15) is 9.59 Å². The van der Waals surface area contributed by atoms with E-state index in [1.165, 1.54) is 17.6 Å². The second-order valence-corrected chi connectivity index (χ2v) is 5.31. The molecule has 2 heterocycles. The lowest BCUT2D eigenvalue weighted by Gasteiger charge is -2.37. The summed E-state index contributed by atoms with van der Waals surface area (Å²) in [5.41, 5.74) is 1.98. The van der Waals surface area contributed by atoms with Crippen LogP contribution in [0.3, 0.4) is 0 Å². The van der Waals surface area contributed by atoms with Crippen molar-refractivity contribution in [3.05, 3.63) is 54.1 Å². The van der Waals surface area contributed by atoms with Gasteiger partial charge in [-0.2, -0.15) is 0 Å². The molecule has 6 nitrogen and oxygen atoms in total. The Hall–Kier alpha value is -2.63. The summed E-state index contributed by atoms with van der Waals surface area (Å²) in [6.45, 7) is 0.856. The number of nitrogens with zero attached hydrogens (tertiary/aromatic N) is 3. The van der Waals surface area contributed by atoms with Crippen LogP contribution in [0.1, 0.15) is 11.3 Å². The van der Waals surface area contributed by atoms with Crippen LogP contribution >= 0.6 is 0 Å². The number of rotatable bonds is 4. The highest BCUT2D eigenvalue weighted by Crippen LogP contribution is 2.19. The Morgan fingerprint density at radius 1 is 1.36 bits per heavy atom. The molecule has 0 N–H and O–H groups in total. The second kappa shape index (κ2) is 6.01. The van der Waals surface area contributed by atoms with Gasteiger partial charge >= 0.3 is 6.09 Å². The summed E-state index contributed by atoms with van der Waals surface area (Å²) in [6.07, 6.45) is 3.62. The molecule has 1 amide bonds. The first-order chi connectivity index (χ1) is 10.7. The molecule has 1 unspecified atom stereocenters. The minimum absolute atomic E-state index is 0.0445. The third-order valence-corrected chi connectivity index (χ3v) is 3.78. The smallest absolute Gasteiger partial charge is 0.410 e. The van der Waals surface area contributed by atoms with Crippen molar-refractivity contribution in [3.8, 4) is 0 Å². The quantitative estimate of drug-likeness (QED) is 0.858. The fourth-order valence-electron chi connectivity index (χ4n) is 2.57. The minimum atomic E-state index is -0.465. The molecule has 6 heteroatoms. The highest BCUT2D eigenvalue weighted by Gasteiger charge is 2.41. The average molecular weight is 299 g/mol. The number of Topliss-reactive ketones (excluding diaryl/α,β-unsaturated/α-hetero) is 1. The summed E-state index contributed by atoms with van der Waals surface area (Å²) in [5, 5.41) is 0. The van der Waals surface area contributed by atoms with Crippen molar-refractivity contribution in [1.29, 1.82) is 0 Å². The van der Waals surface area contributed by atoms with E-state index in [0.29, 0.717) is 6.42 Å². The van der Waals surface area contributed by atoms with Crippen molar-refractivity contribution in [3.63, 3.8) is 0 Å². The molecule has 0 spiro atoms. The van der Waals surface area contributed by atoms with Crippen molar-refractivity contribution in [1.82, 2.24) is 14.5 Å². The van der Waals surface area contributed by atoms with E-state index in [4.69, 9.17) is 0 Å². The third kappa shape index (κ3) is 2.86. The van der Waals surface area contributed by atoms with Crippen molar-refractivity contribution < 1.29 is 14.3 Å². The Labute approximate surface area is 128 Å². The van der Waals surface area contributed by atoms with E-state index in [1.807, 2.05) is 41.1 Å². The molecule has 0 bridgehead atoms. The van der Waals surface area contributed by atoms with Gasteiger partial charge in [0.25, 0.3) is 0 Å². The van der Waals surface area contributed by atoms with Gasteiger partial charge in [-0.3, -0.25) is 9.69 Å². The molecule has 1 aliphatic heterocycles. The number of imidazole rings is 1. The number of carbonyl (C=O) groups is 2. The van der Waals surface area contributed by atoms with E-state index in [2.05, 4.69) is 9.72 Å². The minimum Gasteiger partial charge on any atom is -0.453 e. The van der Waals surface area contributed by atoms with Crippen LogP contribution in [0.15, 0.2) is 42.9 Å². The Bertz CT molecular complexity index is 681. The van der Waals surface area contributed by atoms with E-state index >= 15 is 0 Å². The molecule has 0 radical (unpaired) electrons. The lowest BCUT2D eigenvalue weighted by Crippen LogP contribution is -2.60. The van der Waals surface area contributed by atoms with Gasteiger partial charge in [0.2, 0.25) is 0 Å². The first kappa shape index (κ1) is 14.3. The van der Waals surface area contributed by atoms with Crippen LogP contribution in [0, 0.1) is 0 Å². The Balaban J connectivity index is 1.64. The van der Waals surface area contributed by atoms with Gasteiger partial charge in [0.1, 0.15) is 6.04 Å². The SMILES string of the molecule is COC(=O)N1CC(=O)C1Cc1cn(Cc2ccccc2)cn1. The first-order valence-corrected chi connectivity index (χ1v) is 7.09. The maximum absolute atomic E-state index is 11.7. The van der Waals surface area contributed by atoms with Crippen LogP contribution in [0.5, 0.6) is 0 Å². The lowest BCUT2D eigenvalue weighted by atomic mass is 9.97. The van der Waals surface area contributed by atoms with Gasteiger partial charge in [0, 0.05) is 19.2 Å². The molecule has 3 rings (SSSR count). The predicted molar refractivity (Wildman–Crippen MR) is 79.4 cm³/mol. The summed E-state index contributed by atoms with van der Waals surface area (Å²) in [4.78, 5) is 28.9. The van der Waals surface area contributed by atoms with Crippen LogP contribution in [-0.2, 0) is 22.5 Å². The molecule has 114 valence electrons. The van der Waals surface area contributed by atoms with Crippen molar-refractivity contribution in [2.24, 2.45) is 0 Å². The molecule has 0 aliphatic carbocycles. The molecule has 1 atom stereocenters. The number of hydrogen-bond acceptors (Lipinski definition) is 4. The largest absolute Gasteiger partial charge is 0.453 e. The number of hydrogen-bond donors (Lipinski definition) is 0.